The first-order valence-corrected chi connectivity index (χ1v) is 11.1. The Morgan fingerprint density at radius 3 is 2.37 bits per heavy atom. The molecule has 0 aromatic heterocycles. The van der Waals surface area contributed by atoms with Crippen molar-refractivity contribution >= 4 is 27.4 Å². The van der Waals surface area contributed by atoms with Gasteiger partial charge in [0.25, 0.3) is 0 Å². The summed E-state index contributed by atoms with van der Waals surface area (Å²) in [7, 11) is -1.42. The molecule has 0 saturated carbocycles. The van der Waals surface area contributed by atoms with Crippen LogP contribution in [-0.2, 0) is 22.0 Å². The lowest BCUT2D eigenvalue weighted by molar-refractivity contribution is 0.591. The lowest BCUT2D eigenvalue weighted by Crippen LogP contribution is -2.39. The third kappa shape index (κ3) is 8.01. The predicted octanol–water partition coefficient (Wildman–Crippen LogP) is 3.05. The molecule has 0 amide bonds. The van der Waals surface area contributed by atoms with Crippen molar-refractivity contribution in [3.8, 4) is 0 Å². The fourth-order valence-corrected chi connectivity index (χ4v) is 4.30. The van der Waals surface area contributed by atoms with Gasteiger partial charge in [-0.15, -0.1) is 0 Å². The molecule has 146 valence electrons. The van der Waals surface area contributed by atoms with Crippen LogP contribution in [0.25, 0.3) is 0 Å². The number of nitrogens with zero attached hydrogens (tertiary/aromatic N) is 1. The largest absolute Gasteiger partial charge is 0.356 e. The van der Waals surface area contributed by atoms with Crippen LogP contribution in [0.5, 0.6) is 0 Å². The average molecular weight is 408 g/mol. The predicted molar refractivity (Wildman–Crippen MR) is 113 cm³/mol. The van der Waals surface area contributed by atoms with Gasteiger partial charge in [-0.1, -0.05) is 60.1 Å². The van der Waals surface area contributed by atoms with Crippen LogP contribution in [0.15, 0.2) is 59.6 Å². The highest BCUT2D eigenvalue weighted by molar-refractivity contribution is 7.90. The first-order valence-electron chi connectivity index (χ1n) is 8.92. The van der Waals surface area contributed by atoms with Gasteiger partial charge in [-0.25, -0.2) is 8.42 Å². The topological polar surface area (TPSA) is 70.6 Å². The maximum absolute atomic E-state index is 12.2. The van der Waals surface area contributed by atoms with Crippen LogP contribution in [0.1, 0.15) is 17.5 Å². The minimum atomic E-state index is -3.11. The Balaban J connectivity index is 1.68. The van der Waals surface area contributed by atoms with Crippen molar-refractivity contribution in [2.75, 3.05) is 25.9 Å². The van der Waals surface area contributed by atoms with Gasteiger partial charge >= 0.3 is 0 Å². The summed E-state index contributed by atoms with van der Waals surface area (Å²) in [4.78, 5) is 4.16. The van der Waals surface area contributed by atoms with Crippen LogP contribution < -0.4 is 10.6 Å². The van der Waals surface area contributed by atoms with Crippen molar-refractivity contribution in [1.82, 2.24) is 10.6 Å². The van der Waals surface area contributed by atoms with Crippen molar-refractivity contribution in [2.45, 2.75) is 18.6 Å². The van der Waals surface area contributed by atoms with Crippen LogP contribution in [0, 0.1) is 0 Å². The zero-order valence-corrected chi connectivity index (χ0v) is 17.1. The molecule has 0 aliphatic carbocycles. The quantitative estimate of drug-likeness (QED) is 0.380. The molecule has 0 fully saturated rings. The molecule has 0 spiro atoms. The Morgan fingerprint density at radius 2 is 1.67 bits per heavy atom. The smallest absolute Gasteiger partial charge is 0.190 e. The van der Waals surface area contributed by atoms with Gasteiger partial charge in [0.2, 0.25) is 0 Å². The maximum Gasteiger partial charge on any atom is 0.190 e. The minimum absolute atomic E-state index is 0.0820. The molecule has 27 heavy (non-hydrogen) atoms. The van der Waals surface area contributed by atoms with E-state index in [9.17, 15) is 8.42 Å². The third-order valence-electron chi connectivity index (χ3n) is 4.02. The molecule has 0 aliphatic heterocycles. The highest BCUT2D eigenvalue weighted by atomic mass is 35.5. The Bertz CT molecular complexity index is 839. The lowest BCUT2D eigenvalue weighted by atomic mass is 10.1. The molecule has 5 nitrogen and oxygen atoms in total. The molecule has 0 heterocycles. The van der Waals surface area contributed by atoms with Gasteiger partial charge in [0, 0.05) is 25.2 Å². The molecule has 2 N–H and O–H groups in total. The van der Waals surface area contributed by atoms with Crippen molar-refractivity contribution < 1.29 is 8.42 Å². The van der Waals surface area contributed by atoms with E-state index < -0.39 is 9.84 Å². The summed E-state index contributed by atoms with van der Waals surface area (Å²) in [5.74, 6) is 0.881. The molecule has 0 radical (unpaired) electrons. The van der Waals surface area contributed by atoms with Crippen LogP contribution in [0.3, 0.4) is 0 Å². The van der Waals surface area contributed by atoms with Gasteiger partial charge in [0.15, 0.2) is 15.8 Å². The number of guanidine groups is 1. The first-order chi connectivity index (χ1) is 13.0. The maximum atomic E-state index is 12.2. The highest BCUT2D eigenvalue weighted by Crippen LogP contribution is 2.14. The van der Waals surface area contributed by atoms with E-state index in [2.05, 4.69) is 15.6 Å². The van der Waals surface area contributed by atoms with E-state index >= 15 is 0 Å². The first kappa shape index (κ1) is 21.3. The summed E-state index contributed by atoms with van der Waals surface area (Å²) in [6.07, 6.45) is 1.31. The Morgan fingerprint density at radius 1 is 1.00 bits per heavy atom. The number of hydrogen-bond donors (Lipinski definition) is 2. The van der Waals surface area contributed by atoms with E-state index in [0.717, 1.165) is 22.6 Å². The van der Waals surface area contributed by atoms with Gasteiger partial charge in [-0.05, 0) is 30.0 Å². The molecule has 0 atom stereocenters. The Kier molecular flexibility index (Phi) is 8.61. The molecular formula is C20H26ClN3O2S. The number of hydrogen-bond acceptors (Lipinski definition) is 3. The molecule has 7 heteroatoms. The van der Waals surface area contributed by atoms with Crippen LogP contribution in [-0.4, -0.2) is 40.3 Å². The number of rotatable bonds is 9. The summed E-state index contributed by atoms with van der Waals surface area (Å²) in [6, 6.07) is 17.0. The summed E-state index contributed by atoms with van der Waals surface area (Å²) < 4.78 is 24.4. The van der Waals surface area contributed by atoms with Gasteiger partial charge in [0.05, 0.1) is 11.5 Å². The average Bonchev–Trinajstić information content (AvgIpc) is 2.65. The summed E-state index contributed by atoms with van der Waals surface area (Å²) >= 11 is 6.15. The zero-order valence-electron chi connectivity index (χ0n) is 15.5. The molecule has 2 aromatic rings. The van der Waals surface area contributed by atoms with Crippen LogP contribution in [0.4, 0.5) is 0 Å². The number of nitrogens with one attached hydrogen (secondary N) is 2. The number of aliphatic imine (C=N–C) groups is 1. The van der Waals surface area contributed by atoms with Gasteiger partial charge < -0.3 is 10.6 Å². The van der Waals surface area contributed by atoms with Crippen LogP contribution >= 0.6 is 11.6 Å². The third-order valence-corrected chi connectivity index (χ3v) is 6.07. The minimum Gasteiger partial charge on any atom is -0.356 e. The number of sulfone groups is 1. The molecular weight excluding hydrogens is 382 g/mol. The van der Waals surface area contributed by atoms with Crippen molar-refractivity contribution in [3.63, 3.8) is 0 Å². The van der Waals surface area contributed by atoms with E-state index in [1.165, 1.54) is 0 Å². The van der Waals surface area contributed by atoms with Gasteiger partial charge in [-0.3, -0.25) is 4.99 Å². The number of benzene rings is 2. The summed E-state index contributed by atoms with van der Waals surface area (Å²) in [5, 5.41) is 7.12. The molecule has 2 rings (SSSR count). The van der Waals surface area contributed by atoms with Gasteiger partial charge in [0.1, 0.15) is 0 Å². The van der Waals surface area contributed by atoms with Crippen LogP contribution in [0.2, 0.25) is 5.02 Å². The number of halogens is 1. The fourth-order valence-electron chi connectivity index (χ4n) is 2.64. The molecule has 0 saturated heterocycles. The molecule has 0 unspecified atom stereocenters. The van der Waals surface area contributed by atoms with Crippen molar-refractivity contribution in [2.24, 2.45) is 4.99 Å². The van der Waals surface area contributed by atoms with E-state index in [-0.39, 0.29) is 11.5 Å². The molecule has 2 aromatic carbocycles. The second-order valence-electron chi connectivity index (χ2n) is 6.20. The summed E-state index contributed by atoms with van der Waals surface area (Å²) in [6.45, 7) is 1.23. The standard InChI is InChI=1S/C20H26ClN3O2S/c1-22-20(24-14-12-18-10-5-6-11-19(18)21)23-13-7-15-27(25,26)16-17-8-3-2-4-9-17/h2-6,8-11H,7,12-16H2,1H3,(H2,22,23,24). The second-order valence-corrected chi connectivity index (χ2v) is 8.79. The van der Waals surface area contributed by atoms with E-state index in [0.29, 0.717) is 25.5 Å². The van der Waals surface area contributed by atoms with Crippen molar-refractivity contribution in [1.29, 1.82) is 0 Å². The van der Waals surface area contributed by atoms with E-state index in [4.69, 9.17) is 11.6 Å². The zero-order chi connectivity index (χ0) is 19.5. The van der Waals surface area contributed by atoms with E-state index in [1.807, 2.05) is 54.6 Å². The normalized spacial score (nSPS) is 12.0. The second kappa shape index (κ2) is 10.9. The summed E-state index contributed by atoms with van der Waals surface area (Å²) in [5.41, 5.74) is 1.90. The Hall–Kier alpha value is -2.05. The fraction of sp³-hybridized carbons (Fsp3) is 0.350. The lowest BCUT2D eigenvalue weighted by Gasteiger charge is -2.12. The molecule has 0 aliphatic rings. The highest BCUT2D eigenvalue weighted by Gasteiger charge is 2.11. The molecule has 0 bridgehead atoms. The van der Waals surface area contributed by atoms with E-state index in [1.54, 1.807) is 7.05 Å². The van der Waals surface area contributed by atoms with Gasteiger partial charge in [-0.2, -0.15) is 0 Å². The van der Waals surface area contributed by atoms with Crippen molar-refractivity contribution in [3.05, 3.63) is 70.7 Å². The monoisotopic (exact) mass is 407 g/mol. The Labute approximate surface area is 166 Å². The SMILES string of the molecule is CN=C(NCCCS(=O)(=O)Cc1ccccc1)NCCc1ccccc1Cl.